The van der Waals surface area contributed by atoms with Crippen molar-refractivity contribution in [3.05, 3.63) is 53.9 Å². The van der Waals surface area contributed by atoms with Crippen molar-refractivity contribution in [2.24, 2.45) is 0 Å². The van der Waals surface area contributed by atoms with Crippen molar-refractivity contribution in [3.8, 4) is 6.07 Å². The first kappa shape index (κ1) is 13.1. The molecule has 0 spiro atoms. The van der Waals surface area contributed by atoms with E-state index < -0.39 is 9.84 Å². The van der Waals surface area contributed by atoms with Gasteiger partial charge in [0.2, 0.25) is 0 Å². The second-order valence-electron chi connectivity index (χ2n) is 3.94. The van der Waals surface area contributed by atoms with Crippen LogP contribution in [0.5, 0.6) is 0 Å². The molecule has 0 bridgehead atoms. The Hall–Kier alpha value is -2.39. The zero-order valence-corrected chi connectivity index (χ0v) is 10.8. The Balaban J connectivity index is 2.44. The molecule has 0 fully saturated rings. The maximum Gasteiger partial charge on any atom is 0.184 e. The number of aromatic nitrogens is 1. The van der Waals surface area contributed by atoms with Gasteiger partial charge in [-0.15, -0.1) is 0 Å². The third-order valence-corrected chi connectivity index (χ3v) is 4.36. The first-order valence-electron chi connectivity index (χ1n) is 5.45. The fourth-order valence-electron chi connectivity index (χ4n) is 1.71. The topological polar surface area (TPSA) is 96.8 Å². The molecule has 0 unspecified atom stereocenters. The van der Waals surface area contributed by atoms with E-state index in [9.17, 15) is 8.42 Å². The van der Waals surface area contributed by atoms with E-state index in [2.05, 4.69) is 4.98 Å². The lowest BCUT2D eigenvalue weighted by Crippen LogP contribution is -2.09. The molecule has 2 N–H and O–H groups in total. The van der Waals surface area contributed by atoms with Gasteiger partial charge in [0.15, 0.2) is 9.84 Å². The van der Waals surface area contributed by atoms with Gasteiger partial charge in [0.1, 0.15) is 0 Å². The fourth-order valence-corrected chi connectivity index (χ4v) is 3.21. The molecular weight excluding hydrogens is 262 g/mol. The van der Waals surface area contributed by atoms with E-state index >= 15 is 0 Å². The van der Waals surface area contributed by atoms with Crippen LogP contribution >= 0.6 is 0 Å². The van der Waals surface area contributed by atoms with E-state index in [0.29, 0.717) is 11.1 Å². The molecule has 1 aromatic heterocycles. The summed E-state index contributed by atoms with van der Waals surface area (Å²) in [6, 6.07) is 9.93. The Bertz CT molecular complexity index is 748. The van der Waals surface area contributed by atoms with E-state index in [4.69, 9.17) is 11.0 Å². The molecule has 0 aliphatic carbocycles. The highest BCUT2D eigenvalue weighted by molar-refractivity contribution is 7.90. The Morgan fingerprint density at radius 1 is 1.26 bits per heavy atom. The van der Waals surface area contributed by atoms with Gasteiger partial charge >= 0.3 is 0 Å². The number of anilines is 1. The third-order valence-electron chi connectivity index (χ3n) is 2.63. The highest BCUT2D eigenvalue weighted by Crippen LogP contribution is 2.22. The van der Waals surface area contributed by atoms with Gasteiger partial charge < -0.3 is 5.73 Å². The van der Waals surface area contributed by atoms with Crippen LogP contribution in [-0.2, 0) is 15.6 Å². The van der Waals surface area contributed by atoms with Gasteiger partial charge in [-0.1, -0.05) is 18.2 Å². The molecule has 0 aliphatic rings. The number of nitrogens with two attached hydrogens (primary N) is 1. The lowest BCUT2D eigenvalue weighted by Gasteiger charge is -2.07. The molecule has 5 nitrogen and oxygen atoms in total. The summed E-state index contributed by atoms with van der Waals surface area (Å²) in [5.74, 6) is -0.259. The van der Waals surface area contributed by atoms with Gasteiger partial charge in [-0.05, 0) is 17.7 Å². The summed E-state index contributed by atoms with van der Waals surface area (Å²) in [5.41, 5.74) is 6.54. The van der Waals surface area contributed by atoms with Crippen LogP contribution in [0.25, 0.3) is 0 Å². The van der Waals surface area contributed by atoms with Gasteiger partial charge in [0.05, 0.1) is 34.2 Å². The Kier molecular flexibility index (Phi) is 3.49. The minimum absolute atomic E-state index is 0.0373. The predicted molar refractivity (Wildman–Crippen MR) is 70.7 cm³/mol. The van der Waals surface area contributed by atoms with Crippen LogP contribution < -0.4 is 5.73 Å². The molecule has 0 saturated carbocycles. The second kappa shape index (κ2) is 5.08. The lowest BCUT2D eigenvalue weighted by atomic mass is 10.1. The van der Waals surface area contributed by atoms with E-state index in [1.807, 2.05) is 6.07 Å². The van der Waals surface area contributed by atoms with E-state index in [1.165, 1.54) is 18.5 Å². The molecule has 1 aromatic carbocycles. The van der Waals surface area contributed by atoms with Crippen LogP contribution in [-0.4, -0.2) is 13.4 Å². The average Bonchev–Trinajstić information content (AvgIpc) is 2.39. The van der Waals surface area contributed by atoms with Crippen molar-refractivity contribution in [1.82, 2.24) is 4.98 Å². The Morgan fingerprint density at radius 2 is 2.00 bits per heavy atom. The molecule has 6 heteroatoms. The average molecular weight is 273 g/mol. The number of nitrogen functional groups attached to an aromatic ring is 1. The number of hydrogen-bond donors (Lipinski definition) is 1. The largest absolute Gasteiger partial charge is 0.396 e. The van der Waals surface area contributed by atoms with E-state index in [0.717, 1.165) is 0 Å². The summed E-state index contributed by atoms with van der Waals surface area (Å²) < 4.78 is 24.5. The maximum atomic E-state index is 12.3. The predicted octanol–water partition coefficient (Wildman–Crippen LogP) is 1.51. The molecule has 2 aromatic rings. The zero-order chi connectivity index (χ0) is 13.9. The van der Waals surface area contributed by atoms with Crippen LogP contribution in [0.1, 0.15) is 11.1 Å². The first-order chi connectivity index (χ1) is 9.04. The minimum atomic E-state index is -3.59. The Morgan fingerprint density at radius 3 is 2.68 bits per heavy atom. The summed E-state index contributed by atoms with van der Waals surface area (Å²) in [6.07, 6.45) is 2.67. The van der Waals surface area contributed by atoms with Gasteiger partial charge in [-0.25, -0.2) is 8.42 Å². The van der Waals surface area contributed by atoms with Crippen molar-refractivity contribution >= 4 is 15.5 Å². The summed E-state index contributed by atoms with van der Waals surface area (Å²) in [5, 5.41) is 8.96. The molecule has 0 amide bonds. The highest BCUT2D eigenvalue weighted by atomic mass is 32.2. The van der Waals surface area contributed by atoms with Crippen molar-refractivity contribution < 1.29 is 8.42 Å². The monoisotopic (exact) mass is 273 g/mol. The minimum Gasteiger partial charge on any atom is -0.396 e. The molecular formula is C13H11N3O2S. The number of hydrogen-bond acceptors (Lipinski definition) is 5. The second-order valence-corrected chi connectivity index (χ2v) is 5.90. The number of nitriles is 1. The van der Waals surface area contributed by atoms with E-state index in [-0.39, 0.29) is 16.3 Å². The van der Waals surface area contributed by atoms with Gasteiger partial charge in [0.25, 0.3) is 0 Å². The molecule has 96 valence electrons. The van der Waals surface area contributed by atoms with Gasteiger partial charge in [0, 0.05) is 6.20 Å². The van der Waals surface area contributed by atoms with Gasteiger partial charge in [-0.2, -0.15) is 5.26 Å². The molecule has 0 atom stereocenters. The molecule has 0 aliphatic heterocycles. The van der Waals surface area contributed by atoms with Crippen molar-refractivity contribution in [3.63, 3.8) is 0 Å². The smallest absolute Gasteiger partial charge is 0.184 e. The van der Waals surface area contributed by atoms with Crippen LogP contribution in [0.3, 0.4) is 0 Å². The van der Waals surface area contributed by atoms with Crippen molar-refractivity contribution in [1.29, 1.82) is 5.26 Å². The van der Waals surface area contributed by atoms with Crippen molar-refractivity contribution in [2.75, 3.05) is 5.73 Å². The van der Waals surface area contributed by atoms with Crippen LogP contribution in [0.4, 0.5) is 5.69 Å². The lowest BCUT2D eigenvalue weighted by molar-refractivity contribution is 0.595. The first-order valence-corrected chi connectivity index (χ1v) is 7.10. The van der Waals surface area contributed by atoms with Gasteiger partial charge in [-0.3, -0.25) is 4.98 Å². The Labute approximate surface area is 111 Å². The quantitative estimate of drug-likeness (QED) is 0.914. The molecule has 2 rings (SSSR count). The molecule has 1 heterocycles. The number of sulfone groups is 1. The van der Waals surface area contributed by atoms with Crippen LogP contribution in [0.2, 0.25) is 0 Å². The third kappa shape index (κ3) is 2.72. The maximum absolute atomic E-state index is 12.3. The summed E-state index contributed by atoms with van der Waals surface area (Å²) in [7, 11) is -3.59. The SMILES string of the molecule is N#Cc1ccccc1CS(=O)(=O)c1ccncc1N. The molecule has 19 heavy (non-hydrogen) atoms. The fraction of sp³-hybridized carbons (Fsp3) is 0.0769. The standard InChI is InChI=1S/C13H11N3O2S/c14-7-10-3-1-2-4-11(10)9-19(17,18)13-5-6-16-8-12(13)15/h1-6,8H,9,15H2. The number of nitrogens with zero attached hydrogens (tertiary/aromatic N) is 2. The summed E-state index contributed by atoms with van der Waals surface area (Å²) in [4.78, 5) is 3.79. The highest BCUT2D eigenvalue weighted by Gasteiger charge is 2.19. The molecule has 0 saturated heterocycles. The van der Waals surface area contributed by atoms with Crippen LogP contribution in [0, 0.1) is 11.3 Å². The number of pyridine rings is 1. The zero-order valence-electron chi connectivity index (χ0n) is 9.95. The van der Waals surface area contributed by atoms with E-state index in [1.54, 1.807) is 24.3 Å². The number of benzene rings is 1. The molecule has 0 radical (unpaired) electrons. The van der Waals surface area contributed by atoms with Crippen LogP contribution in [0.15, 0.2) is 47.6 Å². The number of rotatable bonds is 3. The van der Waals surface area contributed by atoms with Crippen molar-refractivity contribution in [2.45, 2.75) is 10.6 Å². The summed E-state index contributed by atoms with van der Waals surface area (Å²) in [6.45, 7) is 0. The normalized spacial score (nSPS) is 10.9. The summed E-state index contributed by atoms with van der Waals surface area (Å²) >= 11 is 0.